The number of hydrogen-bond donors (Lipinski definition) is 1. The number of ether oxygens (including phenoxy) is 1. The van der Waals surface area contributed by atoms with E-state index in [0.717, 1.165) is 11.3 Å². The SMILES string of the molecule is COc1cccc(CN2CCN(C(=O)CCc3ccc(=O)[nH]n3)CC2=O)c1. The monoisotopic (exact) mass is 370 g/mol. The van der Waals surface area contributed by atoms with Crippen LogP contribution in [0, 0.1) is 0 Å². The molecule has 1 N–H and O–H groups in total. The lowest BCUT2D eigenvalue weighted by Gasteiger charge is -2.34. The number of nitrogens with one attached hydrogen (secondary N) is 1. The summed E-state index contributed by atoms with van der Waals surface area (Å²) in [5.41, 5.74) is 1.36. The van der Waals surface area contributed by atoms with Crippen molar-refractivity contribution in [2.24, 2.45) is 0 Å². The first-order valence-electron chi connectivity index (χ1n) is 8.78. The minimum Gasteiger partial charge on any atom is -0.497 e. The number of benzene rings is 1. The number of aryl methyl sites for hydroxylation is 1. The smallest absolute Gasteiger partial charge is 0.264 e. The summed E-state index contributed by atoms with van der Waals surface area (Å²) in [4.78, 5) is 39.1. The van der Waals surface area contributed by atoms with E-state index in [4.69, 9.17) is 4.74 Å². The maximum absolute atomic E-state index is 12.4. The number of aromatic amines is 1. The lowest BCUT2D eigenvalue weighted by molar-refractivity contribution is -0.145. The Morgan fingerprint density at radius 1 is 1.22 bits per heavy atom. The molecule has 0 unspecified atom stereocenters. The summed E-state index contributed by atoms with van der Waals surface area (Å²) in [5.74, 6) is 0.599. The molecule has 0 saturated carbocycles. The molecule has 27 heavy (non-hydrogen) atoms. The van der Waals surface area contributed by atoms with Gasteiger partial charge in [-0.3, -0.25) is 14.4 Å². The standard InChI is InChI=1S/C19H22N4O4/c1-27-16-4-2-3-14(11-16)12-22-9-10-23(13-19(22)26)18(25)8-6-15-5-7-17(24)21-20-15/h2-5,7,11H,6,8-10,12-13H2,1H3,(H,21,24). The first-order valence-corrected chi connectivity index (χ1v) is 8.78. The summed E-state index contributed by atoms with van der Waals surface area (Å²) in [7, 11) is 1.61. The van der Waals surface area contributed by atoms with Crippen molar-refractivity contribution in [3.8, 4) is 5.75 Å². The molecule has 2 amide bonds. The fourth-order valence-corrected chi connectivity index (χ4v) is 2.99. The van der Waals surface area contributed by atoms with Crippen molar-refractivity contribution in [3.63, 3.8) is 0 Å². The summed E-state index contributed by atoms with van der Waals surface area (Å²) < 4.78 is 5.21. The summed E-state index contributed by atoms with van der Waals surface area (Å²) in [6.07, 6.45) is 0.677. The molecule has 1 saturated heterocycles. The van der Waals surface area contributed by atoms with Crippen molar-refractivity contribution < 1.29 is 14.3 Å². The molecule has 0 aliphatic carbocycles. The van der Waals surface area contributed by atoms with Gasteiger partial charge >= 0.3 is 0 Å². The van der Waals surface area contributed by atoms with Crippen LogP contribution in [-0.2, 0) is 22.6 Å². The molecule has 8 nitrogen and oxygen atoms in total. The molecule has 0 spiro atoms. The Kier molecular flexibility index (Phi) is 5.85. The summed E-state index contributed by atoms with van der Waals surface area (Å²) in [5, 5.41) is 6.24. The van der Waals surface area contributed by atoms with Crippen LogP contribution in [0.5, 0.6) is 5.75 Å². The Bertz CT molecular complexity index is 860. The van der Waals surface area contributed by atoms with E-state index in [1.165, 1.54) is 6.07 Å². The first kappa shape index (κ1) is 18.6. The summed E-state index contributed by atoms with van der Waals surface area (Å²) in [6, 6.07) is 10.6. The molecule has 2 heterocycles. The molecule has 1 fully saturated rings. The number of rotatable bonds is 6. The van der Waals surface area contributed by atoms with E-state index >= 15 is 0 Å². The van der Waals surface area contributed by atoms with Crippen LogP contribution < -0.4 is 10.3 Å². The predicted molar refractivity (Wildman–Crippen MR) is 98.2 cm³/mol. The van der Waals surface area contributed by atoms with Gasteiger partial charge in [-0.05, 0) is 23.8 Å². The fraction of sp³-hybridized carbons (Fsp3) is 0.368. The van der Waals surface area contributed by atoms with Crippen LogP contribution in [0.1, 0.15) is 17.7 Å². The minimum absolute atomic E-state index is 0.0698. The Morgan fingerprint density at radius 2 is 2.07 bits per heavy atom. The lowest BCUT2D eigenvalue weighted by Crippen LogP contribution is -2.51. The molecule has 142 valence electrons. The number of hydrogen-bond acceptors (Lipinski definition) is 5. The van der Waals surface area contributed by atoms with Gasteiger partial charge in [-0.2, -0.15) is 5.10 Å². The molecule has 0 atom stereocenters. The van der Waals surface area contributed by atoms with Gasteiger partial charge in [-0.15, -0.1) is 0 Å². The number of piperazine rings is 1. The summed E-state index contributed by atoms with van der Waals surface area (Å²) >= 11 is 0. The van der Waals surface area contributed by atoms with E-state index in [2.05, 4.69) is 10.2 Å². The average molecular weight is 370 g/mol. The molecular formula is C19H22N4O4. The normalized spacial score (nSPS) is 14.3. The molecule has 1 aromatic heterocycles. The number of aromatic nitrogens is 2. The molecule has 0 radical (unpaired) electrons. The molecule has 1 aromatic carbocycles. The molecule has 1 aliphatic heterocycles. The number of nitrogens with zero attached hydrogens (tertiary/aromatic N) is 3. The first-order chi connectivity index (χ1) is 13.0. The van der Waals surface area contributed by atoms with Gasteiger partial charge in [-0.1, -0.05) is 12.1 Å². The van der Waals surface area contributed by atoms with Crippen LogP contribution in [-0.4, -0.2) is 58.6 Å². The van der Waals surface area contributed by atoms with E-state index in [9.17, 15) is 14.4 Å². The van der Waals surface area contributed by atoms with Gasteiger partial charge in [0.2, 0.25) is 11.8 Å². The van der Waals surface area contributed by atoms with Crippen LogP contribution in [0.15, 0.2) is 41.2 Å². The van der Waals surface area contributed by atoms with Crippen LogP contribution in [0.4, 0.5) is 0 Å². The Morgan fingerprint density at radius 3 is 2.78 bits per heavy atom. The third-order valence-electron chi connectivity index (χ3n) is 4.51. The second-order valence-electron chi connectivity index (χ2n) is 6.39. The van der Waals surface area contributed by atoms with Gasteiger partial charge in [0.05, 0.1) is 19.3 Å². The second-order valence-corrected chi connectivity index (χ2v) is 6.39. The van der Waals surface area contributed by atoms with E-state index < -0.39 is 0 Å². The highest BCUT2D eigenvalue weighted by molar-refractivity contribution is 5.86. The third kappa shape index (κ3) is 4.93. The zero-order valence-corrected chi connectivity index (χ0v) is 15.2. The second kappa shape index (κ2) is 8.48. The highest BCUT2D eigenvalue weighted by Gasteiger charge is 2.26. The van der Waals surface area contributed by atoms with Crippen molar-refractivity contribution in [3.05, 3.63) is 58.0 Å². The van der Waals surface area contributed by atoms with Gasteiger partial charge in [0.15, 0.2) is 0 Å². The summed E-state index contributed by atoms with van der Waals surface area (Å²) in [6.45, 7) is 1.59. The number of methoxy groups -OCH3 is 1. The Balaban J connectivity index is 1.51. The predicted octanol–water partition coefficient (Wildman–Crippen LogP) is 0.582. The van der Waals surface area contributed by atoms with Crippen molar-refractivity contribution in [2.45, 2.75) is 19.4 Å². The van der Waals surface area contributed by atoms with Crippen molar-refractivity contribution in [1.82, 2.24) is 20.0 Å². The van der Waals surface area contributed by atoms with E-state index in [1.54, 1.807) is 23.0 Å². The molecule has 1 aliphatic rings. The van der Waals surface area contributed by atoms with E-state index in [0.29, 0.717) is 31.7 Å². The zero-order valence-electron chi connectivity index (χ0n) is 15.2. The van der Waals surface area contributed by atoms with Crippen LogP contribution in [0.3, 0.4) is 0 Å². The third-order valence-corrected chi connectivity index (χ3v) is 4.51. The molecule has 3 rings (SSSR count). The van der Waals surface area contributed by atoms with E-state index in [1.807, 2.05) is 24.3 Å². The van der Waals surface area contributed by atoms with Crippen LogP contribution in [0.2, 0.25) is 0 Å². The van der Waals surface area contributed by atoms with Gasteiger partial charge in [0.1, 0.15) is 5.75 Å². The molecule has 8 heteroatoms. The zero-order chi connectivity index (χ0) is 19.2. The average Bonchev–Trinajstić information content (AvgIpc) is 2.69. The Labute approximate surface area is 156 Å². The van der Waals surface area contributed by atoms with E-state index in [-0.39, 0.29) is 30.3 Å². The number of carbonyl (C=O) groups is 2. The van der Waals surface area contributed by atoms with Crippen molar-refractivity contribution >= 4 is 11.8 Å². The number of carbonyl (C=O) groups excluding carboxylic acids is 2. The number of H-pyrrole nitrogens is 1. The largest absolute Gasteiger partial charge is 0.497 e. The fourth-order valence-electron chi connectivity index (χ4n) is 2.99. The number of amides is 2. The highest BCUT2D eigenvalue weighted by Crippen LogP contribution is 2.16. The van der Waals surface area contributed by atoms with Gasteiger partial charge in [0, 0.05) is 38.5 Å². The maximum Gasteiger partial charge on any atom is 0.264 e. The van der Waals surface area contributed by atoms with Crippen molar-refractivity contribution in [2.75, 3.05) is 26.7 Å². The topological polar surface area (TPSA) is 95.6 Å². The van der Waals surface area contributed by atoms with Gasteiger partial charge < -0.3 is 14.5 Å². The molecule has 2 aromatic rings. The molecular weight excluding hydrogens is 348 g/mol. The quantitative estimate of drug-likeness (QED) is 0.803. The molecule has 0 bridgehead atoms. The van der Waals surface area contributed by atoms with Gasteiger partial charge in [0.25, 0.3) is 5.56 Å². The van der Waals surface area contributed by atoms with Crippen molar-refractivity contribution in [1.29, 1.82) is 0 Å². The van der Waals surface area contributed by atoms with Gasteiger partial charge in [-0.25, -0.2) is 5.10 Å². The van der Waals surface area contributed by atoms with Crippen LogP contribution >= 0.6 is 0 Å². The lowest BCUT2D eigenvalue weighted by atomic mass is 10.1. The maximum atomic E-state index is 12.4. The van der Waals surface area contributed by atoms with Crippen LogP contribution in [0.25, 0.3) is 0 Å². The minimum atomic E-state index is -0.275. The Hall–Kier alpha value is -3.16. The highest BCUT2D eigenvalue weighted by atomic mass is 16.5.